The topological polar surface area (TPSA) is 170 Å². The number of aromatic hydroxyl groups is 3. The molecule has 0 bridgehead atoms. The molecular weight excluding hydrogens is 284 g/mol. The number of phenols is 3. The molecule has 1 unspecified atom stereocenters. The second-order valence-electron chi connectivity index (χ2n) is 4.22. The van der Waals surface area contributed by atoms with Crippen LogP contribution in [0.1, 0.15) is 23.2 Å². The third kappa shape index (κ3) is 4.35. The van der Waals surface area contributed by atoms with Gasteiger partial charge in [-0.1, -0.05) is 0 Å². The monoisotopic (exact) mass is 298 g/mol. The molecule has 9 nitrogen and oxygen atoms in total. The molecule has 1 aromatic carbocycles. The van der Waals surface area contributed by atoms with Crippen molar-refractivity contribution < 1.29 is 34.8 Å². The second kappa shape index (κ2) is 6.57. The number of carboxylic acid groups (broad SMARTS) is 1. The number of nitrogens with two attached hydrogens (primary N) is 1. The number of carbonyl (C=O) groups is 3. The van der Waals surface area contributed by atoms with E-state index in [2.05, 4.69) is 0 Å². The van der Waals surface area contributed by atoms with Gasteiger partial charge in [0, 0.05) is 12.0 Å². The van der Waals surface area contributed by atoms with Gasteiger partial charge in [0.15, 0.2) is 17.2 Å². The predicted molar refractivity (Wildman–Crippen MR) is 68.8 cm³/mol. The number of benzene rings is 1. The van der Waals surface area contributed by atoms with Crippen LogP contribution in [0.25, 0.3) is 0 Å². The molecule has 1 rings (SSSR count). The molecule has 7 N–H and O–H groups in total. The van der Waals surface area contributed by atoms with E-state index in [9.17, 15) is 24.6 Å². The molecule has 0 spiro atoms. The zero-order valence-corrected chi connectivity index (χ0v) is 10.7. The Morgan fingerprint density at radius 1 is 1.14 bits per heavy atom. The van der Waals surface area contributed by atoms with Crippen LogP contribution in [0.5, 0.6) is 17.2 Å². The quantitative estimate of drug-likeness (QED) is 0.385. The number of imide groups is 1. The zero-order valence-electron chi connectivity index (χ0n) is 10.7. The number of carbonyl (C=O) groups excluding carboxylic acids is 2. The molecule has 21 heavy (non-hydrogen) atoms. The fraction of sp³-hybridized carbons (Fsp3) is 0.250. The maximum Gasteiger partial charge on any atom is 0.320 e. The van der Waals surface area contributed by atoms with E-state index in [1.165, 1.54) is 0 Å². The normalized spacial score (nSPS) is 11.7. The highest BCUT2D eigenvalue weighted by molar-refractivity contribution is 6.05. The van der Waals surface area contributed by atoms with E-state index in [4.69, 9.17) is 15.9 Å². The van der Waals surface area contributed by atoms with E-state index in [-0.39, 0.29) is 18.4 Å². The van der Waals surface area contributed by atoms with E-state index in [0.29, 0.717) is 0 Å². The molecule has 0 fully saturated rings. The van der Waals surface area contributed by atoms with Crippen LogP contribution < -0.4 is 11.1 Å². The Balaban J connectivity index is 2.65. The SMILES string of the molecule is NC(CCC(=O)NC(=O)c1cc(O)c(O)c(O)c1)C(=O)O. The van der Waals surface area contributed by atoms with E-state index >= 15 is 0 Å². The number of nitrogens with one attached hydrogen (secondary N) is 1. The molecule has 0 aromatic heterocycles. The Morgan fingerprint density at radius 3 is 2.14 bits per heavy atom. The van der Waals surface area contributed by atoms with Crippen LogP contribution in [0, 0.1) is 0 Å². The third-order valence-corrected chi connectivity index (χ3v) is 2.58. The largest absolute Gasteiger partial charge is 0.504 e. The summed E-state index contributed by atoms with van der Waals surface area (Å²) in [5.74, 6) is -5.17. The number of hydrogen-bond donors (Lipinski definition) is 6. The van der Waals surface area contributed by atoms with Crippen molar-refractivity contribution in [2.45, 2.75) is 18.9 Å². The van der Waals surface area contributed by atoms with E-state index in [1.807, 2.05) is 5.32 Å². The fourth-order valence-electron chi connectivity index (χ4n) is 1.41. The smallest absolute Gasteiger partial charge is 0.320 e. The minimum absolute atomic E-state index is 0.152. The van der Waals surface area contributed by atoms with Gasteiger partial charge in [0.1, 0.15) is 6.04 Å². The van der Waals surface area contributed by atoms with Crippen molar-refractivity contribution in [2.24, 2.45) is 5.73 Å². The Labute approximate surface area is 118 Å². The average molecular weight is 298 g/mol. The van der Waals surface area contributed by atoms with Crippen LogP contribution >= 0.6 is 0 Å². The first-order valence-electron chi connectivity index (χ1n) is 5.80. The molecule has 114 valence electrons. The second-order valence-corrected chi connectivity index (χ2v) is 4.22. The molecule has 0 heterocycles. The van der Waals surface area contributed by atoms with Crippen LogP contribution in [0.2, 0.25) is 0 Å². The number of carboxylic acids is 1. The van der Waals surface area contributed by atoms with Crippen molar-refractivity contribution in [1.29, 1.82) is 0 Å². The van der Waals surface area contributed by atoms with Crippen molar-refractivity contribution >= 4 is 17.8 Å². The summed E-state index contributed by atoms with van der Waals surface area (Å²) in [5, 5.41) is 38.1. The van der Waals surface area contributed by atoms with Gasteiger partial charge in [0.05, 0.1) is 0 Å². The van der Waals surface area contributed by atoms with Crippen molar-refractivity contribution in [2.75, 3.05) is 0 Å². The molecule has 2 amide bonds. The number of rotatable bonds is 5. The minimum atomic E-state index is -1.26. The molecular formula is C12H14N2O7. The summed E-state index contributed by atoms with van der Waals surface area (Å²) in [7, 11) is 0. The summed E-state index contributed by atoms with van der Waals surface area (Å²) < 4.78 is 0. The first-order chi connectivity index (χ1) is 9.72. The predicted octanol–water partition coefficient (Wildman–Crippen LogP) is -0.748. The van der Waals surface area contributed by atoms with Gasteiger partial charge in [0.2, 0.25) is 5.91 Å². The lowest BCUT2D eigenvalue weighted by molar-refractivity contribution is -0.138. The van der Waals surface area contributed by atoms with Gasteiger partial charge in [-0.3, -0.25) is 19.7 Å². The number of aliphatic carboxylic acids is 1. The molecule has 0 aliphatic carbocycles. The van der Waals surface area contributed by atoms with E-state index < -0.39 is 41.1 Å². The lowest BCUT2D eigenvalue weighted by Gasteiger charge is -2.08. The van der Waals surface area contributed by atoms with Crippen molar-refractivity contribution in [1.82, 2.24) is 5.32 Å². The van der Waals surface area contributed by atoms with Crippen molar-refractivity contribution in [3.63, 3.8) is 0 Å². The molecule has 9 heteroatoms. The van der Waals surface area contributed by atoms with Crippen LogP contribution in [0.3, 0.4) is 0 Å². The van der Waals surface area contributed by atoms with E-state index in [1.54, 1.807) is 0 Å². The van der Waals surface area contributed by atoms with Crippen LogP contribution in [-0.4, -0.2) is 44.3 Å². The maximum absolute atomic E-state index is 11.7. The van der Waals surface area contributed by atoms with Gasteiger partial charge < -0.3 is 26.2 Å². The van der Waals surface area contributed by atoms with Gasteiger partial charge in [-0.2, -0.15) is 0 Å². The summed E-state index contributed by atoms with van der Waals surface area (Å²) in [6, 6.07) is 0.508. The van der Waals surface area contributed by atoms with Crippen molar-refractivity contribution in [3.05, 3.63) is 17.7 Å². The highest BCUT2D eigenvalue weighted by Gasteiger charge is 2.17. The highest BCUT2D eigenvalue weighted by atomic mass is 16.4. The Hall–Kier alpha value is -2.81. The fourth-order valence-corrected chi connectivity index (χ4v) is 1.41. The zero-order chi connectivity index (χ0) is 16.2. The summed E-state index contributed by atoms with van der Waals surface area (Å²) in [4.78, 5) is 33.6. The van der Waals surface area contributed by atoms with Gasteiger partial charge >= 0.3 is 5.97 Å². The van der Waals surface area contributed by atoms with Crippen LogP contribution in [0.15, 0.2) is 12.1 Å². The first kappa shape index (κ1) is 16.2. The van der Waals surface area contributed by atoms with Gasteiger partial charge in [-0.15, -0.1) is 0 Å². The lowest BCUT2D eigenvalue weighted by Crippen LogP contribution is -2.34. The number of hydrogen-bond acceptors (Lipinski definition) is 7. The van der Waals surface area contributed by atoms with Crippen molar-refractivity contribution in [3.8, 4) is 17.2 Å². The number of amides is 2. The molecule has 0 radical (unpaired) electrons. The molecule has 1 aromatic rings. The summed E-state index contributed by atoms with van der Waals surface area (Å²) in [5.41, 5.74) is 4.95. The standard InChI is InChI=1S/C12H14N2O7/c13-6(12(20)21)1-2-9(17)14-11(19)5-3-7(15)10(18)8(16)4-5/h3-4,6,15-16,18H,1-2,13H2,(H,20,21)(H,14,17,19). The van der Waals surface area contributed by atoms with Gasteiger partial charge in [-0.05, 0) is 18.6 Å². The molecule has 1 atom stereocenters. The average Bonchev–Trinajstić information content (AvgIpc) is 2.41. The van der Waals surface area contributed by atoms with E-state index in [0.717, 1.165) is 12.1 Å². The van der Waals surface area contributed by atoms with Crippen LogP contribution in [0.4, 0.5) is 0 Å². The third-order valence-electron chi connectivity index (χ3n) is 2.58. The van der Waals surface area contributed by atoms with Crippen LogP contribution in [-0.2, 0) is 9.59 Å². The molecule has 0 saturated carbocycles. The van der Waals surface area contributed by atoms with Gasteiger partial charge in [0.25, 0.3) is 5.91 Å². The minimum Gasteiger partial charge on any atom is -0.504 e. The lowest BCUT2D eigenvalue weighted by atomic mass is 10.1. The molecule has 0 saturated heterocycles. The molecule has 0 aliphatic heterocycles. The Morgan fingerprint density at radius 2 is 1.67 bits per heavy atom. The summed E-state index contributed by atoms with van der Waals surface area (Å²) in [6.07, 6.45) is -0.435. The number of phenolic OH excluding ortho intramolecular Hbond substituents is 3. The Bertz CT molecular complexity index is 562. The first-order valence-corrected chi connectivity index (χ1v) is 5.80. The molecule has 0 aliphatic rings. The Kier molecular flexibility index (Phi) is 5.08. The maximum atomic E-state index is 11.7. The summed E-state index contributed by atoms with van der Waals surface area (Å²) in [6.45, 7) is 0. The summed E-state index contributed by atoms with van der Waals surface area (Å²) >= 11 is 0. The highest BCUT2D eigenvalue weighted by Crippen LogP contribution is 2.35. The van der Waals surface area contributed by atoms with Gasteiger partial charge in [-0.25, -0.2) is 0 Å².